The Morgan fingerprint density at radius 1 is 1.17 bits per heavy atom. The molecule has 1 aromatic heterocycles. The number of halogens is 1. The highest BCUT2D eigenvalue weighted by atomic mass is 19.1. The Kier molecular flexibility index (Phi) is 5.20. The lowest BCUT2D eigenvalue weighted by molar-refractivity contribution is -0.145. The largest absolute Gasteiger partial charge is 0.478 e. The van der Waals surface area contributed by atoms with Crippen LogP contribution in [0, 0.1) is 5.82 Å². The predicted molar refractivity (Wildman–Crippen MR) is 103 cm³/mol. The lowest BCUT2D eigenvalue weighted by Crippen LogP contribution is -2.40. The Bertz CT molecular complexity index is 1060. The van der Waals surface area contributed by atoms with E-state index in [0.29, 0.717) is 0 Å². The zero-order chi connectivity index (χ0) is 20.4. The topological polar surface area (TPSA) is 88.8 Å². The molecule has 1 heterocycles. The molecule has 29 heavy (non-hydrogen) atoms. The van der Waals surface area contributed by atoms with Gasteiger partial charge in [0.25, 0.3) is 0 Å². The molecule has 0 aliphatic heterocycles. The van der Waals surface area contributed by atoms with Gasteiger partial charge in [-0.25, -0.2) is 9.18 Å². The first-order chi connectivity index (χ1) is 14.0. The van der Waals surface area contributed by atoms with Crippen LogP contribution >= 0.6 is 0 Å². The fraction of sp³-hybridized carbons (Fsp3) is 0.273. The van der Waals surface area contributed by atoms with Crippen molar-refractivity contribution in [1.82, 2.24) is 5.32 Å². The lowest BCUT2D eigenvalue weighted by atomic mass is 10.0. The Hall–Kier alpha value is -3.35. The second-order valence-electron chi connectivity index (χ2n) is 7.11. The van der Waals surface area contributed by atoms with Gasteiger partial charge in [0.05, 0.1) is 19.2 Å². The van der Waals surface area contributed by atoms with Crippen molar-refractivity contribution in [2.45, 2.75) is 31.8 Å². The van der Waals surface area contributed by atoms with Crippen LogP contribution in [0.15, 0.2) is 47.1 Å². The molecule has 4 rings (SSSR count). The van der Waals surface area contributed by atoms with Gasteiger partial charge in [-0.15, -0.1) is 0 Å². The highest BCUT2D eigenvalue weighted by Gasteiger charge is 2.21. The van der Waals surface area contributed by atoms with E-state index < -0.39 is 17.9 Å². The normalized spacial score (nSPS) is 13.8. The Morgan fingerprint density at radius 2 is 1.90 bits per heavy atom. The van der Waals surface area contributed by atoms with Gasteiger partial charge in [-0.2, -0.15) is 0 Å². The third kappa shape index (κ3) is 4.23. The van der Waals surface area contributed by atoms with Gasteiger partial charge in [0.2, 0.25) is 12.0 Å². The molecule has 7 heteroatoms. The summed E-state index contributed by atoms with van der Waals surface area (Å²) in [5, 5.41) is 12.8. The summed E-state index contributed by atoms with van der Waals surface area (Å²) in [5.74, 6) is -1.79. The van der Waals surface area contributed by atoms with E-state index in [2.05, 4.69) is 11.4 Å². The average molecular weight is 397 g/mol. The van der Waals surface area contributed by atoms with Crippen molar-refractivity contribution in [3.05, 3.63) is 65.2 Å². The van der Waals surface area contributed by atoms with Crippen LogP contribution in [0.1, 0.15) is 23.1 Å². The van der Waals surface area contributed by atoms with Crippen molar-refractivity contribution in [3.63, 3.8) is 0 Å². The molecule has 0 spiro atoms. The summed E-state index contributed by atoms with van der Waals surface area (Å²) in [6, 6.07) is 9.14. The zero-order valence-electron chi connectivity index (χ0n) is 15.6. The second-order valence-corrected chi connectivity index (χ2v) is 7.11. The third-order valence-electron chi connectivity index (χ3n) is 5.07. The Balaban J connectivity index is 1.39. The van der Waals surface area contributed by atoms with Crippen molar-refractivity contribution in [2.24, 2.45) is 0 Å². The molecule has 1 aliphatic carbocycles. The summed E-state index contributed by atoms with van der Waals surface area (Å²) in [7, 11) is 0. The summed E-state index contributed by atoms with van der Waals surface area (Å²) in [6.45, 7) is -0.212. The predicted octanol–water partition coefficient (Wildman–Crippen LogP) is 3.25. The molecular weight excluding hydrogens is 377 g/mol. The van der Waals surface area contributed by atoms with Gasteiger partial charge in [0, 0.05) is 10.9 Å². The summed E-state index contributed by atoms with van der Waals surface area (Å²) in [5.41, 5.74) is 4.11. The number of hydrogen-bond acceptors (Lipinski definition) is 4. The van der Waals surface area contributed by atoms with Gasteiger partial charge in [-0.1, -0.05) is 0 Å². The number of aliphatic carboxylic acids is 1. The number of carboxylic acids is 1. The molecule has 1 unspecified atom stereocenters. The number of furan rings is 1. The van der Waals surface area contributed by atoms with E-state index >= 15 is 0 Å². The van der Waals surface area contributed by atoms with E-state index in [1.165, 1.54) is 35.4 Å². The van der Waals surface area contributed by atoms with Crippen LogP contribution in [0.5, 0.6) is 5.75 Å². The van der Waals surface area contributed by atoms with Gasteiger partial charge in [0.15, 0.2) is 0 Å². The van der Waals surface area contributed by atoms with Crippen molar-refractivity contribution in [1.29, 1.82) is 0 Å². The SMILES string of the molecule is O=C(Cc1coc2cc3c(cc12)CCC3)NCC(Oc1ccc(F)cc1)C(=O)O. The fourth-order valence-corrected chi connectivity index (χ4v) is 3.58. The molecule has 150 valence electrons. The highest BCUT2D eigenvalue weighted by molar-refractivity contribution is 5.89. The maximum absolute atomic E-state index is 13.0. The average Bonchev–Trinajstić information content (AvgIpc) is 3.31. The molecule has 2 N–H and O–H groups in total. The summed E-state index contributed by atoms with van der Waals surface area (Å²) < 4.78 is 23.9. The molecule has 0 saturated heterocycles. The van der Waals surface area contributed by atoms with Gasteiger partial charge < -0.3 is 19.6 Å². The minimum atomic E-state index is -1.28. The maximum Gasteiger partial charge on any atom is 0.346 e. The van der Waals surface area contributed by atoms with Crippen molar-refractivity contribution >= 4 is 22.8 Å². The van der Waals surface area contributed by atoms with Crippen LogP contribution < -0.4 is 10.1 Å². The molecular formula is C22H20FNO5. The molecule has 0 bridgehead atoms. The molecule has 1 aliphatic rings. The number of rotatable bonds is 7. The van der Waals surface area contributed by atoms with E-state index in [9.17, 15) is 19.1 Å². The number of carboxylic acid groups (broad SMARTS) is 1. The number of nitrogens with one attached hydrogen (secondary N) is 1. The van der Waals surface area contributed by atoms with E-state index in [0.717, 1.165) is 35.8 Å². The first kappa shape index (κ1) is 19.0. The first-order valence-corrected chi connectivity index (χ1v) is 9.43. The van der Waals surface area contributed by atoms with Gasteiger partial charge in [-0.05, 0) is 66.8 Å². The molecule has 3 aromatic rings. The number of carbonyl (C=O) groups excluding carboxylic acids is 1. The summed E-state index contributed by atoms with van der Waals surface area (Å²) in [6.07, 6.45) is 3.57. The second kappa shape index (κ2) is 7.95. The van der Waals surface area contributed by atoms with Crippen LogP contribution in [0.25, 0.3) is 11.0 Å². The van der Waals surface area contributed by atoms with Crippen LogP contribution in [0.3, 0.4) is 0 Å². The molecule has 6 nitrogen and oxygen atoms in total. The van der Waals surface area contributed by atoms with E-state index in [-0.39, 0.29) is 24.6 Å². The van der Waals surface area contributed by atoms with Crippen molar-refractivity contribution in [2.75, 3.05) is 6.54 Å². The lowest BCUT2D eigenvalue weighted by Gasteiger charge is -2.15. The molecule has 0 saturated carbocycles. The minimum absolute atomic E-state index is 0.0780. The summed E-state index contributed by atoms with van der Waals surface area (Å²) >= 11 is 0. The number of amides is 1. The van der Waals surface area contributed by atoms with Gasteiger partial charge in [-0.3, -0.25) is 4.79 Å². The van der Waals surface area contributed by atoms with Crippen LogP contribution in [0.2, 0.25) is 0 Å². The van der Waals surface area contributed by atoms with E-state index in [1.54, 1.807) is 6.26 Å². The Labute approximate surface area is 166 Å². The zero-order valence-corrected chi connectivity index (χ0v) is 15.6. The minimum Gasteiger partial charge on any atom is -0.478 e. The van der Waals surface area contributed by atoms with E-state index in [1.807, 2.05) is 6.07 Å². The van der Waals surface area contributed by atoms with Gasteiger partial charge in [0.1, 0.15) is 17.1 Å². The Morgan fingerprint density at radius 3 is 2.62 bits per heavy atom. The first-order valence-electron chi connectivity index (χ1n) is 9.43. The standard InChI is InChI=1S/C22H20FNO5/c23-16-4-6-17(7-5-16)29-20(22(26)27)11-24-21(25)10-15-12-28-19-9-14-3-1-2-13(14)8-18(15)19/h4-9,12,20H,1-3,10-11H2,(H,24,25)(H,26,27). The van der Waals surface area contributed by atoms with Crippen LogP contribution in [-0.2, 0) is 28.9 Å². The van der Waals surface area contributed by atoms with Crippen molar-refractivity contribution < 1.29 is 28.2 Å². The number of carbonyl (C=O) groups is 2. The molecule has 0 radical (unpaired) electrons. The van der Waals surface area contributed by atoms with Crippen LogP contribution in [-0.4, -0.2) is 29.6 Å². The van der Waals surface area contributed by atoms with E-state index in [4.69, 9.17) is 9.15 Å². The number of hydrogen-bond donors (Lipinski definition) is 2. The number of fused-ring (bicyclic) bond motifs is 2. The third-order valence-corrected chi connectivity index (χ3v) is 5.07. The van der Waals surface area contributed by atoms with Gasteiger partial charge >= 0.3 is 5.97 Å². The van der Waals surface area contributed by atoms with Crippen molar-refractivity contribution in [3.8, 4) is 5.75 Å². The molecule has 0 fully saturated rings. The monoisotopic (exact) mass is 397 g/mol. The quantitative estimate of drug-likeness (QED) is 0.639. The molecule has 1 amide bonds. The summed E-state index contributed by atoms with van der Waals surface area (Å²) in [4.78, 5) is 23.8. The smallest absolute Gasteiger partial charge is 0.346 e. The number of ether oxygens (including phenoxy) is 1. The van der Waals surface area contributed by atoms with Crippen LogP contribution in [0.4, 0.5) is 4.39 Å². The maximum atomic E-state index is 13.0. The number of benzene rings is 2. The number of aryl methyl sites for hydroxylation is 2. The fourth-order valence-electron chi connectivity index (χ4n) is 3.58. The molecule has 1 atom stereocenters. The molecule has 2 aromatic carbocycles. The highest BCUT2D eigenvalue weighted by Crippen LogP contribution is 2.30.